The fourth-order valence-corrected chi connectivity index (χ4v) is 2.25. The minimum atomic E-state index is 0.0589. The Labute approximate surface area is 131 Å². The van der Waals surface area contributed by atoms with Crippen molar-refractivity contribution in [2.24, 2.45) is 5.92 Å². The standard InChI is InChI=1S/C16H36N4O/c1-7-17-14-15(2)16(21)20(12-8-10-18(3)4)13-9-11-19(5)6/h15,17H,7-14H2,1-6H3. The van der Waals surface area contributed by atoms with Crippen molar-refractivity contribution in [3.63, 3.8) is 0 Å². The summed E-state index contributed by atoms with van der Waals surface area (Å²) in [6, 6.07) is 0. The van der Waals surface area contributed by atoms with Crippen LogP contribution in [0.1, 0.15) is 26.7 Å². The van der Waals surface area contributed by atoms with E-state index in [0.29, 0.717) is 0 Å². The normalized spacial score (nSPS) is 13.0. The van der Waals surface area contributed by atoms with Crippen LogP contribution in [0.3, 0.4) is 0 Å². The highest BCUT2D eigenvalue weighted by atomic mass is 16.2. The largest absolute Gasteiger partial charge is 0.342 e. The van der Waals surface area contributed by atoms with Crippen LogP contribution >= 0.6 is 0 Å². The third-order valence-corrected chi connectivity index (χ3v) is 3.50. The third-order valence-electron chi connectivity index (χ3n) is 3.50. The molecule has 1 N–H and O–H groups in total. The highest BCUT2D eigenvalue weighted by Crippen LogP contribution is 2.05. The van der Waals surface area contributed by atoms with E-state index in [1.54, 1.807) is 0 Å². The summed E-state index contributed by atoms with van der Waals surface area (Å²) in [5.74, 6) is 0.345. The molecule has 5 nitrogen and oxygen atoms in total. The number of hydrogen-bond acceptors (Lipinski definition) is 4. The molecule has 0 aromatic heterocycles. The summed E-state index contributed by atoms with van der Waals surface area (Å²) in [7, 11) is 8.30. The molecule has 21 heavy (non-hydrogen) atoms. The quantitative estimate of drug-likeness (QED) is 0.583. The zero-order valence-corrected chi connectivity index (χ0v) is 15.0. The lowest BCUT2D eigenvalue weighted by atomic mass is 10.1. The molecule has 0 rings (SSSR count). The molecule has 0 heterocycles. The Hall–Kier alpha value is -0.650. The van der Waals surface area contributed by atoms with Crippen LogP contribution in [-0.4, -0.2) is 88.1 Å². The van der Waals surface area contributed by atoms with E-state index in [1.807, 2.05) is 6.92 Å². The molecular weight excluding hydrogens is 264 g/mol. The van der Waals surface area contributed by atoms with Gasteiger partial charge in [0.1, 0.15) is 0 Å². The number of hydrogen-bond donors (Lipinski definition) is 1. The number of rotatable bonds is 12. The van der Waals surface area contributed by atoms with Gasteiger partial charge < -0.3 is 20.0 Å². The van der Waals surface area contributed by atoms with Crippen molar-refractivity contribution in [2.45, 2.75) is 26.7 Å². The number of nitrogens with zero attached hydrogens (tertiary/aromatic N) is 3. The summed E-state index contributed by atoms with van der Waals surface area (Å²) in [6.07, 6.45) is 2.07. The second kappa shape index (κ2) is 12.0. The summed E-state index contributed by atoms with van der Waals surface area (Å²) in [5.41, 5.74) is 0. The number of amides is 1. The third kappa shape index (κ3) is 10.7. The zero-order chi connectivity index (χ0) is 16.3. The molecule has 0 saturated heterocycles. The SMILES string of the molecule is CCNCC(C)C(=O)N(CCCN(C)C)CCCN(C)C. The molecule has 0 bridgehead atoms. The molecule has 0 aliphatic carbocycles. The van der Waals surface area contributed by atoms with E-state index in [4.69, 9.17) is 0 Å². The summed E-state index contributed by atoms with van der Waals surface area (Å²) in [6.45, 7) is 9.56. The Morgan fingerprint density at radius 2 is 1.43 bits per heavy atom. The summed E-state index contributed by atoms with van der Waals surface area (Å²) >= 11 is 0. The average molecular weight is 300 g/mol. The van der Waals surface area contributed by atoms with Gasteiger partial charge in [0, 0.05) is 25.6 Å². The van der Waals surface area contributed by atoms with Gasteiger partial charge in [0.2, 0.25) is 5.91 Å². The van der Waals surface area contributed by atoms with Gasteiger partial charge in [-0.2, -0.15) is 0 Å². The number of nitrogens with one attached hydrogen (secondary N) is 1. The molecule has 0 aromatic carbocycles. The van der Waals surface area contributed by atoms with Gasteiger partial charge in [0.25, 0.3) is 0 Å². The first-order valence-electron chi connectivity index (χ1n) is 8.17. The van der Waals surface area contributed by atoms with Gasteiger partial charge in [0.05, 0.1) is 0 Å². The molecule has 0 aromatic rings. The summed E-state index contributed by atoms with van der Waals surface area (Å²) in [5, 5.41) is 3.27. The fraction of sp³-hybridized carbons (Fsp3) is 0.938. The first-order valence-corrected chi connectivity index (χ1v) is 8.17. The summed E-state index contributed by atoms with van der Waals surface area (Å²) in [4.78, 5) is 19.0. The Bertz CT molecular complexity index is 255. The van der Waals surface area contributed by atoms with Crippen molar-refractivity contribution < 1.29 is 4.79 Å². The lowest BCUT2D eigenvalue weighted by Crippen LogP contribution is -2.41. The molecule has 0 radical (unpaired) electrons. The van der Waals surface area contributed by atoms with Crippen molar-refractivity contribution in [1.29, 1.82) is 0 Å². The lowest BCUT2D eigenvalue weighted by Gasteiger charge is -2.27. The molecule has 0 aliphatic heterocycles. The van der Waals surface area contributed by atoms with Crippen molar-refractivity contribution in [3.8, 4) is 0 Å². The van der Waals surface area contributed by atoms with Gasteiger partial charge in [-0.25, -0.2) is 0 Å². The second-order valence-corrected chi connectivity index (χ2v) is 6.35. The number of carbonyl (C=O) groups excluding carboxylic acids is 1. The van der Waals surface area contributed by atoms with Crippen molar-refractivity contribution in [3.05, 3.63) is 0 Å². The molecule has 0 aliphatic rings. The van der Waals surface area contributed by atoms with Crippen LogP contribution in [0.5, 0.6) is 0 Å². The van der Waals surface area contributed by atoms with E-state index in [2.05, 4.69) is 55.1 Å². The second-order valence-electron chi connectivity index (χ2n) is 6.35. The maximum atomic E-state index is 12.6. The predicted octanol–water partition coefficient (Wildman–Crippen LogP) is 0.964. The molecule has 1 atom stereocenters. The first-order chi connectivity index (χ1) is 9.88. The fourth-order valence-electron chi connectivity index (χ4n) is 2.25. The smallest absolute Gasteiger partial charge is 0.226 e. The van der Waals surface area contributed by atoms with Gasteiger partial charge in [-0.1, -0.05) is 13.8 Å². The monoisotopic (exact) mass is 300 g/mol. The molecular formula is C16H36N4O. The van der Waals surface area contributed by atoms with Gasteiger partial charge in [-0.3, -0.25) is 4.79 Å². The van der Waals surface area contributed by atoms with Gasteiger partial charge in [0.15, 0.2) is 0 Å². The van der Waals surface area contributed by atoms with Crippen LogP contribution in [-0.2, 0) is 4.79 Å². The molecule has 5 heteroatoms. The Balaban J connectivity index is 4.35. The van der Waals surface area contributed by atoms with E-state index in [0.717, 1.165) is 52.1 Å². The lowest BCUT2D eigenvalue weighted by molar-refractivity contribution is -0.135. The molecule has 0 fully saturated rings. The molecule has 126 valence electrons. The zero-order valence-electron chi connectivity index (χ0n) is 15.0. The van der Waals surface area contributed by atoms with Crippen molar-refractivity contribution >= 4 is 5.91 Å². The van der Waals surface area contributed by atoms with Crippen LogP contribution in [0.25, 0.3) is 0 Å². The first kappa shape index (κ1) is 20.3. The van der Waals surface area contributed by atoms with Crippen LogP contribution in [0, 0.1) is 5.92 Å². The maximum Gasteiger partial charge on any atom is 0.226 e. The molecule has 1 unspecified atom stereocenters. The Morgan fingerprint density at radius 1 is 0.952 bits per heavy atom. The van der Waals surface area contributed by atoms with Gasteiger partial charge in [-0.05, 0) is 60.7 Å². The van der Waals surface area contributed by atoms with Crippen molar-refractivity contribution in [2.75, 3.05) is 67.5 Å². The highest BCUT2D eigenvalue weighted by molar-refractivity contribution is 5.78. The maximum absolute atomic E-state index is 12.6. The average Bonchev–Trinajstić information content (AvgIpc) is 2.41. The summed E-state index contributed by atoms with van der Waals surface area (Å²) < 4.78 is 0. The van der Waals surface area contributed by atoms with E-state index in [1.165, 1.54) is 0 Å². The van der Waals surface area contributed by atoms with E-state index < -0.39 is 0 Å². The highest BCUT2D eigenvalue weighted by Gasteiger charge is 2.19. The minimum Gasteiger partial charge on any atom is -0.342 e. The number of carbonyl (C=O) groups is 1. The topological polar surface area (TPSA) is 38.8 Å². The van der Waals surface area contributed by atoms with E-state index in [-0.39, 0.29) is 11.8 Å². The van der Waals surface area contributed by atoms with Crippen molar-refractivity contribution in [1.82, 2.24) is 20.0 Å². The van der Waals surface area contributed by atoms with Crippen LogP contribution in [0.15, 0.2) is 0 Å². The van der Waals surface area contributed by atoms with Crippen LogP contribution < -0.4 is 5.32 Å². The van der Waals surface area contributed by atoms with E-state index in [9.17, 15) is 4.79 Å². The van der Waals surface area contributed by atoms with E-state index >= 15 is 0 Å². The van der Waals surface area contributed by atoms with Gasteiger partial charge in [-0.15, -0.1) is 0 Å². The van der Waals surface area contributed by atoms with Gasteiger partial charge >= 0.3 is 0 Å². The van der Waals surface area contributed by atoms with Crippen LogP contribution in [0.2, 0.25) is 0 Å². The minimum absolute atomic E-state index is 0.0589. The Kier molecular flexibility index (Phi) is 11.6. The predicted molar refractivity (Wildman–Crippen MR) is 90.6 cm³/mol. The molecule has 1 amide bonds. The Morgan fingerprint density at radius 3 is 1.81 bits per heavy atom. The van der Waals surface area contributed by atoms with Crippen LogP contribution in [0.4, 0.5) is 0 Å². The molecule has 0 saturated carbocycles. The molecule has 0 spiro atoms.